The van der Waals surface area contributed by atoms with Crippen LogP contribution in [0, 0.1) is 0 Å². The summed E-state index contributed by atoms with van der Waals surface area (Å²) in [6.07, 6.45) is 1.77. The summed E-state index contributed by atoms with van der Waals surface area (Å²) < 4.78 is 0.274. The van der Waals surface area contributed by atoms with Crippen LogP contribution in [-0.2, 0) is 9.59 Å². The number of rotatable bonds is 3. The molecule has 0 spiro atoms. The predicted octanol–water partition coefficient (Wildman–Crippen LogP) is 3.51. The molecule has 23 heavy (non-hydrogen) atoms. The van der Waals surface area contributed by atoms with Crippen molar-refractivity contribution in [3.63, 3.8) is 0 Å². The van der Waals surface area contributed by atoms with Crippen LogP contribution >= 0.6 is 24.0 Å². The third-order valence-electron chi connectivity index (χ3n) is 3.68. The van der Waals surface area contributed by atoms with Gasteiger partial charge in [-0.1, -0.05) is 66.4 Å². The monoisotopic (exact) mass is 343 g/mol. The van der Waals surface area contributed by atoms with Crippen LogP contribution in [-0.4, -0.2) is 32.2 Å². The van der Waals surface area contributed by atoms with Crippen molar-refractivity contribution in [2.24, 2.45) is 0 Å². The molecular weight excluding hydrogens is 330 g/mol. The Morgan fingerprint density at radius 2 is 1.96 bits per heavy atom. The van der Waals surface area contributed by atoms with Gasteiger partial charge in [-0.05, 0) is 29.3 Å². The summed E-state index contributed by atoms with van der Waals surface area (Å²) in [5.41, 5.74) is 0.909. The number of carbonyl (C=O) groups excluding carboxylic acids is 1. The highest BCUT2D eigenvalue weighted by molar-refractivity contribution is 8.26. The SMILES string of the molecule is C[C@@H](C(=O)O)N1C(=O)/C(=C\c2cccc3ccccc23)SC1=S. The number of carboxylic acid groups (broad SMARTS) is 1. The minimum absolute atomic E-state index is 0.274. The van der Waals surface area contributed by atoms with Crippen molar-refractivity contribution in [1.82, 2.24) is 4.90 Å². The summed E-state index contributed by atoms with van der Waals surface area (Å²) in [5.74, 6) is -1.43. The van der Waals surface area contributed by atoms with Gasteiger partial charge in [0.15, 0.2) is 0 Å². The number of nitrogens with zero attached hydrogens (tertiary/aromatic N) is 1. The number of hydrogen-bond acceptors (Lipinski definition) is 4. The Hall–Kier alpha value is -2.18. The van der Waals surface area contributed by atoms with E-state index in [2.05, 4.69) is 0 Å². The molecule has 1 aliphatic heterocycles. The fraction of sp³-hybridized carbons (Fsp3) is 0.118. The van der Waals surface area contributed by atoms with Crippen LogP contribution in [0.25, 0.3) is 16.8 Å². The van der Waals surface area contributed by atoms with E-state index in [9.17, 15) is 9.59 Å². The number of fused-ring (bicyclic) bond motifs is 1. The standard InChI is InChI=1S/C17H13NO3S2/c1-10(16(20)21)18-15(19)14(23-17(18)22)9-12-7-4-6-11-5-2-3-8-13(11)12/h2-10H,1H3,(H,20,21)/b14-9+/t10-/m0/s1. The molecule has 1 atom stereocenters. The molecule has 1 aliphatic rings. The first-order valence-corrected chi connectivity index (χ1v) is 8.19. The van der Waals surface area contributed by atoms with Gasteiger partial charge in [-0.15, -0.1) is 0 Å². The quantitative estimate of drug-likeness (QED) is 0.683. The average molecular weight is 343 g/mol. The van der Waals surface area contributed by atoms with Gasteiger partial charge in [0.1, 0.15) is 10.4 Å². The molecule has 0 bridgehead atoms. The van der Waals surface area contributed by atoms with E-state index in [1.165, 1.54) is 6.92 Å². The minimum Gasteiger partial charge on any atom is -0.480 e. The Bertz CT molecular complexity index is 855. The van der Waals surface area contributed by atoms with E-state index in [0.29, 0.717) is 4.91 Å². The summed E-state index contributed by atoms with van der Waals surface area (Å²) >= 11 is 6.30. The van der Waals surface area contributed by atoms with E-state index in [-0.39, 0.29) is 10.2 Å². The number of hydrogen-bond donors (Lipinski definition) is 1. The summed E-state index contributed by atoms with van der Waals surface area (Å²) in [7, 11) is 0. The Morgan fingerprint density at radius 3 is 2.70 bits per heavy atom. The Labute approximate surface area is 142 Å². The fourth-order valence-electron chi connectivity index (χ4n) is 2.44. The van der Waals surface area contributed by atoms with Crippen LogP contribution in [0.15, 0.2) is 47.4 Å². The van der Waals surface area contributed by atoms with Gasteiger partial charge in [-0.25, -0.2) is 4.79 Å². The number of aliphatic carboxylic acids is 1. The van der Waals surface area contributed by atoms with Gasteiger partial charge < -0.3 is 5.11 Å². The van der Waals surface area contributed by atoms with Crippen molar-refractivity contribution in [1.29, 1.82) is 0 Å². The second-order valence-corrected chi connectivity index (χ2v) is 6.81. The van der Waals surface area contributed by atoms with Gasteiger partial charge in [0, 0.05) is 0 Å². The van der Waals surface area contributed by atoms with Gasteiger partial charge in [0.05, 0.1) is 4.91 Å². The molecule has 2 aromatic rings. The highest BCUT2D eigenvalue weighted by Crippen LogP contribution is 2.35. The maximum Gasteiger partial charge on any atom is 0.326 e. The van der Waals surface area contributed by atoms with Gasteiger partial charge in [0.2, 0.25) is 0 Å². The number of thiocarbonyl (C=S) groups is 1. The van der Waals surface area contributed by atoms with E-state index in [4.69, 9.17) is 17.3 Å². The van der Waals surface area contributed by atoms with Crippen molar-refractivity contribution in [3.8, 4) is 0 Å². The number of amides is 1. The van der Waals surface area contributed by atoms with Crippen LogP contribution in [0.3, 0.4) is 0 Å². The highest BCUT2D eigenvalue weighted by atomic mass is 32.2. The molecule has 0 aromatic heterocycles. The summed E-state index contributed by atoms with van der Waals surface area (Å²) in [6, 6.07) is 12.8. The molecule has 116 valence electrons. The van der Waals surface area contributed by atoms with Crippen LogP contribution in [0.5, 0.6) is 0 Å². The van der Waals surface area contributed by atoms with Crippen molar-refractivity contribution in [3.05, 3.63) is 52.9 Å². The topological polar surface area (TPSA) is 57.6 Å². The molecule has 3 rings (SSSR count). The molecule has 1 fully saturated rings. The lowest BCUT2D eigenvalue weighted by atomic mass is 10.0. The first-order valence-electron chi connectivity index (χ1n) is 6.96. The number of carboxylic acids is 1. The lowest BCUT2D eigenvalue weighted by Crippen LogP contribution is -2.41. The molecule has 1 amide bonds. The third-order valence-corrected chi connectivity index (χ3v) is 5.01. The van der Waals surface area contributed by atoms with E-state index < -0.39 is 12.0 Å². The zero-order valence-corrected chi connectivity index (χ0v) is 13.9. The first-order chi connectivity index (χ1) is 11.0. The van der Waals surface area contributed by atoms with Crippen LogP contribution in [0.2, 0.25) is 0 Å². The molecule has 0 radical (unpaired) electrons. The normalized spacial score (nSPS) is 18.0. The largest absolute Gasteiger partial charge is 0.480 e. The second-order valence-electron chi connectivity index (χ2n) is 5.13. The smallest absolute Gasteiger partial charge is 0.326 e. The van der Waals surface area contributed by atoms with E-state index in [1.54, 1.807) is 6.08 Å². The minimum atomic E-state index is -1.08. The van der Waals surface area contributed by atoms with Crippen molar-refractivity contribution in [2.45, 2.75) is 13.0 Å². The fourth-order valence-corrected chi connectivity index (χ4v) is 3.85. The molecular formula is C17H13NO3S2. The average Bonchev–Trinajstić information content (AvgIpc) is 2.81. The summed E-state index contributed by atoms with van der Waals surface area (Å²) in [5, 5.41) is 11.2. The summed E-state index contributed by atoms with van der Waals surface area (Å²) in [4.78, 5) is 25.2. The number of benzene rings is 2. The Balaban J connectivity index is 2.02. The molecule has 0 unspecified atom stereocenters. The van der Waals surface area contributed by atoms with Gasteiger partial charge in [0.25, 0.3) is 5.91 Å². The van der Waals surface area contributed by atoms with Crippen LogP contribution in [0.1, 0.15) is 12.5 Å². The predicted molar refractivity (Wildman–Crippen MR) is 96.1 cm³/mol. The zero-order valence-electron chi connectivity index (χ0n) is 12.2. The molecule has 1 N–H and O–H groups in total. The van der Waals surface area contributed by atoms with Crippen molar-refractivity contribution >= 4 is 57.0 Å². The lowest BCUT2D eigenvalue weighted by molar-refractivity contribution is -0.144. The molecule has 6 heteroatoms. The first kappa shape index (κ1) is 15.7. The molecule has 4 nitrogen and oxygen atoms in total. The Morgan fingerprint density at radius 1 is 1.26 bits per heavy atom. The van der Waals surface area contributed by atoms with E-state index >= 15 is 0 Å². The van der Waals surface area contributed by atoms with E-state index in [1.807, 2.05) is 42.5 Å². The van der Waals surface area contributed by atoms with Gasteiger partial charge >= 0.3 is 5.97 Å². The molecule has 2 aromatic carbocycles. The summed E-state index contributed by atoms with van der Waals surface area (Å²) in [6.45, 7) is 1.45. The van der Waals surface area contributed by atoms with Crippen LogP contribution in [0.4, 0.5) is 0 Å². The lowest BCUT2D eigenvalue weighted by Gasteiger charge is -2.18. The highest BCUT2D eigenvalue weighted by Gasteiger charge is 2.38. The molecule has 1 heterocycles. The van der Waals surface area contributed by atoms with Gasteiger partial charge in [-0.2, -0.15) is 0 Å². The van der Waals surface area contributed by atoms with E-state index in [0.717, 1.165) is 33.0 Å². The van der Waals surface area contributed by atoms with Crippen molar-refractivity contribution < 1.29 is 14.7 Å². The Kier molecular flexibility index (Phi) is 4.19. The number of thioether (sulfide) groups is 1. The second kappa shape index (κ2) is 6.14. The zero-order chi connectivity index (χ0) is 16.6. The number of carbonyl (C=O) groups is 2. The maximum atomic E-state index is 12.5. The third kappa shape index (κ3) is 2.87. The molecule has 0 aliphatic carbocycles. The molecule has 1 saturated heterocycles. The van der Waals surface area contributed by atoms with Crippen LogP contribution < -0.4 is 0 Å². The molecule has 0 saturated carbocycles. The maximum absolute atomic E-state index is 12.5. The van der Waals surface area contributed by atoms with Gasteiger partial charge in [-0.3, -0.25) is 9.69 Å². The van der Waals surface area contributed by atoms with Crippen molar-refractivity contribution in [2.75, 3.05) is 0 Å².